The van der Waals surface area contributed by atoms with E-state index in [1.54, 1.807) is 4.90 Å². The predicted molar refractivity (Wildman–Crippen MR) is 80.8 cm³/mol. The van der Waals surface area contributed by atoms with E-state index in [1.807, 2.05) is 38.2 Å². The largest absolute Gasteiger partial charge is 0.341 e. The highest BCUT2D eigenvalue weighted by Crippen LogP contribution is 2.27. The normalized spacial score (nSPS) is 21.8. The van der Waals surface area contributed by atoms with Crippen LogP contribution in [0.4, 0.5) is 0 Å². The van der Waals surface area contributed by atoms with Crippen molar-refractivity contribution in [2.45, 2.75) is 19.9 Å². The standard InChI is InChI=1S/C14H19ClN2O.ClH/c1-14(7-8-16-10-14)13(18)17(2)9-11-3-5-12(15)6-4-11;/h3-6,16H,7-10H2,1-2H3;1H. The van der Waals surface area contributed by atoms with E-state index < -0.39 is 0 Å². The lowest BCUT2D eigenvalue weighted by atomic mass is 9.88. The summed E-state index contributed by atoms with van der Waals surface area (Å²) >= 11 is 5.85. The van der Waals surface area contributed by atoms with Crippen LogP contribution < -0.4 is 5.32 Å². The van der Waals surface area contributed by atoms with Crippen LogP contribution in [-0.2, 0) is 11.3 Å². The molecule has 1 fully saturated rings. The first kappa shape index (κ1) is 16.3. The number of nitrogens with one attached hydrogen (secondary N) is 1. The number of amides is 1. The lowest BCUT2D eigenvalue weighted by Gasteiger charge is -2.28. The molecule has 1 aromatic carbocycles. The molecule has 5 heteroatoms. The molecule has 0 spiro atoms. The SMILES string of the molecule is CN(Cc1ccc(Cl)cc1)C(=O)C1(C)CCNC1.Cl. The molecule has 0 aliphatic carbocycles. The molecule has 1 aromatic rings. The first-order chi connectivity index (χ1) is 8.51. The predicted octanol–water partition coefficient (Wildman–Crippen LogP) is 2.72. The number of carbonyl (C=O) groups excluding carboxylic acids is 1. The molecule has 1 saturated heterocycles. The fourth-order valence-electron chi connectivity index (χ4n) is 2.40. The fourth-order valence-corrected chi connectivity index (χ4v) is 2.52. The van der Waals surface area contributed by atoms with Crippen LogP contribution >= 0.6 is 24.0 Å². The van der Waals surface area contributed by atoms with Crippen LogP contribution in [0.5, 0.6) is 0 Å². The van der Waals surface area contributed by atoms with Gasteiger partial charge in [0.1, 0.15) is 0 Å². The maximum atomic E-state index is 12.4. The van der Waals surface area contributed by atoms with Crippen molar-refractivity contribution in [2.24, 2.45) is 5.41 Å². The van der Waals surface area contributed by atoms with Crippen molar-refractivity contribution < 1.29 is 4.79 Å². The van der Waals surface area contributed by atoms with Gasteiger partial charge in [-0.25, -0.2) is 0 Å². The number of nitrogens with zero attached hydrogens (tertiary/aromatic N) is 1. The zero-order valence-electron chi connectivity index (χ0n) is 11.3. The maximum Gasteiger partial charge on any atom is 0.229 e. The summed E-state index contributed by atoms with van der Waals surface area (Å²) in [6.07, 6.45) is 0.913. The molecule has 2 rings (SSSR count). The summed E-state index contributed by atoms with van der Waals surface area (Å²) in [6, 6.07) is 7.63. The van der Waals surface area contributed by atoms with Crippen molar-refractivity contribution >= 4 is 29.9 Å². The summed E-state index contributed by atoms with van der Waals surface area (Å²) in [5.41, 5.74) is 0.853. The van der Waals surface area contributed by atoms with Crippen molar-refractivity contribution in [2.75, 3.05) is 20.1 Å². The lowest BCUT2D eigenvalue weighted by Crippen LogP contribution is -2.41. The Labute approximate surface area is 125 Å². The average Bonchev–Trinajstić information content (AvgIpc) is 2.79. The number of halogens is 2. The molecule has 0 bridgehead atoms. The second-order valence-corrected chi connectivity index (χ2v) is 5.71. The van der Waals surface area contributed by atoms with Gasteiger partial charge in [-0.05, 0) is 37.6 Å². The molecule has 19 heavy (non-hydrogen) atoms. The summed E-state index contributed by atoms with van der Waals surface area (Å²) in [4.78, 5) is 14.2. The molecule has 1 unspecified atom stereocenters. The van der Waals surface area contributed by atoms with E-state index in [-0.39, 0.29) is 23.7 Å². The number of carbonyl (C=O) groups is 1. The molecule has 0 aromatic heterocycles. The molecule has 0 saturated carbocycles. The van der Waals surface area contributed by atoms with Gasteiger partial charge < -0.3 is 10.2 Å². The van der Waals surface area contributed by atoms with Gasteiger partial charge in [0.05, 0.1) is 5.41 Å². The first-order valence-corrected chi connectivity index (χ1v) is 6.60. The average molecular weight is 303 g/mol. The Hall–Kier alpha value is -0.770. The van der Waals surface area contributed by atoms with Crippen molar-refractivity contribution in [1.29, 1.82) is 0 Å². The number of rotatable bonds is 3. The molecule has 106 valence electrons. The topological polar surface area (TPSA) is 32.3 Å². The van der Waals surface area contributed by atoms with Crippen LogP contribution in [0.1, 0.15) is 18.9 Å². The monoisotopic (exact) mass is 302 g/mol. The number of hydrogen-bond donors (Lipinski definition) is 1. The Balaban J connectivity index is 0.00000180. The van der Waals surface area contributed by atoms with E-state index in [9.17, 15) is 4.79 Å². The minimum absolute atomic E-state index is 0. The van der Waals surface area contributed by atoms with Crippen LogP contribution in [0.3, 0.4) is 0 Å². The highest BCUT2D eigenvalue weighted by atomic mass is 35.5. The smallest absolute Gasteiger partial charge is 0.229 e. The van der Waals surface area contributed by atoms with Crippen LogP contribution in [0.15, 0.2) is 24.3 Å². The third kappa shape index (κ3) is 3.85. The van der Waals surface area contributed by atoms with Crippen LogP contribution in [0, 0.1) is 5.41 Å². The second-order valence-electron chi connectivity index (χ2n) is 5.28. The molecular formula is C14H20Cl2N2O. The molecule has 1 N–H and O–H groups in total. The van der Waals surface area contributed by atoms with Gasteiger partial charge in [0.15, 0.2) is 0 Å². The summed E-state index contributed by atoms with van der Waals surface area (Å²) < 4.78 is 0. The summed E-state index contributed by atoms with van der Waals surface area (Å²) in [7, 11) is 1.86. The lowest BCUT2D eigenvalue weighted by molar-refractivity contribution is -0.139. The van der Waals surface area contributed by atoms with Crippen molar-refractivity contribution in [1.82, 2.24) is 10.2 Å². The van der Waals surface area contributed by atoms with Crippen molar-refractivity contribution in [3.05, 3.63) is 34.9 Å². The van der Waals surface area contributed by atoms with E-state index in [1.165, 1.54) is 0 Å². The zero-order valence-corrected chi connectivity index (χ0v) is 12.9. The number of benzene rings is 1. The third-order valence-corrected chi connectivity index (χ3v) is 3.82. The van der Waals surface area contributed by atoms with Gasteiger partial charge in [0, 0.05) is 25.2 Å². The Morgan fingerprint density at radius 1 is 1.42 bits per heavy atom. The van der Waals surface area contributed by atoms with E-state index >= 15 is 0 Å². The maximum absolute atomic E-state index is 12.4. The van der Waals surface area contributed by atoms with Gasteiger partial charge in [0.25, 0.3) is 0 Å². The minimum atomic E-state index is -0.249. The van der Waals surface area contributed by atoms with E-state index in [0.717, 1.165) is 30.1 Å². The fraction of sp³-hybridized carbons (Fsp3) is 0.500. The molecule has 1 heterocycles. The highest BCUT2D eigenvalue weighted by molar-refractivity contribution is 6.30. The van der Waals surface area contributed by atoms with Gasteiger partial charge in [-0.15, -0.1) is 12.4 Å². The van der Waals surface area contributed by atoms with E-state index in [4.69, 9.17) is 11.6 Å². The van der Waals surface area contributed by atoms with Crippen LogP contribution in [0.25, 0.3) is 0 Å². The van der Waals surface area contributed by atoms with E-state index in [2.05, 4.69) is 5.32 Å². The quantitative estimate of drug-likeness (QED) is 0.931. The summed E-state index contributed by atoms with van der Waals surface area (Å²) in [6.45, 7) is 4.37. The highest BCUT2D eigenvalue weighted by Gasteiger charge is 2.38. The Morgan fingerprint density at radius 3 is 2.58 bits per heavy atom. The molecule has 1 atom stereocenters. The zero-order chi connectivity index (χ0) is 13.2. The third-order valence-electron chi connectivity index (χ3n) is 3.56. The molecule has 1 amide bonds. The van der Waals surface area contributed by atoms with Gasteiger partial charge in [0.2, 0.25) is 5.91 Å². The second kappa shape index (κ2) is 6.60. The van der Waals surface area contributed by atoms with Crippen molar-refractivity contribution in [3.63, 3.8) is 0 Å². The molecule has 3 nitrogen and oxygen atoms in total. The van der Waals surface area contributed by atoms with E-state index in [0.29, 0.717) is 6.54 Å². The minimum Gasteiger partial charge on any atom is -0.341 e. The molecular weight excluding hydrogens is 283 g/mol. The van der Waals surface area contributed by atoms with Gasteiger partial charge in [-0.2, -0.15) is 0 Å². The Bertz CT molecular complexity index is 428. The first-order valence-electron chi connectivity index (χ1n) is 6.22. The van der Waals surface area contributed by atoms with Gasteiger partial charge in [-0.3, -0.25) is 4.79 Å². The van der Waals surface area contributed by atoms with Gasteiger partial charge in [-0.1, -0.05) is 23.7 Å². The summed E-state index contributed by atoms with van der Waals surface area (Å²) in [5, 5.41) is 3.98. The Morgan fingerprint density at radius 2 is 2.05 bits per heavy atom. The van der Waals surface area contributed by atoms with Crippen LogP contribution in [0.2, 0.25) is 5.02 Å². The molecule has 1 aliphatic rings. The molecule has 1 aliphatic heterocycles. The van der Waals surface area contributed by atoms with Gasteiger partial charge >= 0.3 is 0 Å². The van der Waals surface area contributed by atoms with Crippen molar-refractivity contribution in [3.8, 4) is 0 Å². The van der Waals surface area contributed by atoms with Crippen LogP contribution in [-0.4, -0.2) is 30.9 Å². The summed E-state index contributed by atoms with van der Waals surface area (Å²) in [5.74, 6) is 0.211. The Kier molecular flexibility index (Phi) is 5.65. The molecule has 0 radical (unpaired) electrons. The number of hydrogen-bond acceptors (Lipinski definition) is 2.